The first-order valence-electron chi connectivity index (χ1n) is 10.6. The summed E-state index contributed by atoms with van der Waals surface area (Å²) in [5, 5.41) is 1.09. The smallest absolute Gasteiger partial charge is 0.270 e. The van der Waals surface area contributed by atoms with E-state index in [-0.39, 0.29) is 12.5 Å². The second-order valence-electron chi connectivity index (χ2n) is 7.58. The summed E-state index contributed by atoms with van der Waals surface area (Å²) in [5.74, 6) is 0.972. The number of carbonyl (C=O) groups excluding carboxylic acids is 1. The summed E-state index contributed by atoms with van der Waals surface area (Å²) in [5.41, 5.74) is 3.21. The highest BCUT2D eigenvalue weighted by Crippen LogP contribution is 2.39. The van der Waals surface area contributed by atoms with Crippen LogP contribution in [0.5, 0.6) is 11.5 Å². The lowest BCUT2D eigenvalue weighted by molar-refractivity contribution is -0.113. The van der Waals surface area contributed by atoms with E-state index in [2.05, 4.69) is 6.58 Å². The molecule has 1 saturated heterocycles. The summed E-state index contributed by atoms with van der Waals surface area (Å²) in [4.78, 5) is 15.2. The molecule has 178 valence electrons. The number of thiocarbonyl (C=S) groups is 1. The molecular formula is C27H21Cl2NO3S2. The van der Waals surface area contributed by atoms with Crippen LogP contribution in [-0.4, -0.2) is 17.3 Å². The maximum absolute atomic E-state index is 13.1. The Labute approximate surface area is 224 Å². The van der Waals surface area contributed by atoms with Crippen LogP contribution >= 0.6 is 47.2 Å². The molecule has 0 saturated carbocycles. The van der Waals surface area contributed by atoms with Gasteiger partial charge in [0, 0.05) is 21.2 Å². The van der Waals surface area contributed by atoms with Crippen LogP contribution in [-0.2, 0) is 17.8 Å². The minimum absolute atomic E-state index is 0.159. The first kappa shape index (κ1) is 25.3. The average molecular weight is 543 g/mol. The van der Waals surface area contributed by atoms with E-state index in [0.717, 1.165) is 22.4 Å². The van der Waals surface area contributed by atoms with E-state index < -0.39 is 0 Å². The van der Waals surface area contributed by atoms with Gasteiger partial charge in [-0.3, -0.25) is 9.69 Å². The summed E-state index contributed by atoms with van der Waals surface area (Å²) >= 11 is 19.1. The Kier molecular flexibility index (Phi) is 8.19. The van der Waals surface area contributed by atoms with Gasteiger partial charge in [-0.15, -0.1) is 6.58 Å². The van der Waals surface area contributed by atoms with Gasteiger partial charge in [0.1, 0.15) is 6.61 Å². The third-order valence-electron chi connectivity index (χ3n) is 5.23. The maximum Gasteiger partial charge on any atom is 0.270 e. The van der Waals surface area contributed by atoms with Gasteiger partial charge >= 0.3 is 0 Å². The van der Waals surface area contributed by atoms with Gasteiger partial charge in [-0.1, -0.05) is 77.5 Å². The predicted molar refractivity (Wildman–Crippen MR) is 150 cm³/mol. The fraction of sp³-hybridized carbons (Fsp3) is 0.111. The third-order valence-corrected chi connectivity index (χ3v) is 7.12. The van der Waals surface area contributed by atoms with Crippen LogP contribution in [0, 0.1) is 0 Å². The van der Waals surface area contributed by atoms with E-state index in [1.807, 2.05) is 54.6 Å². The Balaban J connectivity index is 1.64. The van der Waals surface area contributed by atoms with Gasteiger partial charge in [-0.05, 0) is 54.5 Å². The number of hydrogen-bond acceptors (Lipinski definition) is 5. The van der Waals surface area contributed by atoms with Crippen LogP contribution < -0.4 is 14.4 Å². The summed E-state index contributed by atoms with van der Waals surface area (Å²) in [6, 6.07) is 18.4. The zero-order chi connectivity index (χ0) is 24.9. The van der Waals surface area contributed by atoms with E-state index in [4.69, 9.17) is 44.9 Å². The molecule has 0 unspecified atom stereocenters. The highest BCUT2D eigenvalue weighted by molar-refractivity contribution is 8.27. The van der Waals surface area contributed by atoms with Crippen molar-refractivity contribution >= 4 is 69.2 Å². The highest BCUT2D eigenvalue weighted by atomic mass is 35.5. The fourth-order valence-electron chi connectivity index (χ4n) is 3.60. The second-order valence-corrected chi connectivity index (χ2v) is 10.1. The van der Waals surface area contributed by atoms with E-state index >= 15 is 0 Å². The number of rotatable bonds is 8. The Hall–Kier alpha value is -2.77. The van der Waals surface area contributed by atoms with E-state index in [9.17, 15) is 4.79 Å². The SMILES string of the molecule is C=CCc1cc(/C=C2/SC(=S)N(c3ccccc3)C2=O)cc(OC)c1OCc1ccc(Cl)cc1Cl. The van der Waals surface area contributed by atoms with Gasteiger partial charge in [-0.25, -0.2) is 0 Å². The van der Waals surface area contributed by atoms with Crippen molar-refractivity contribution in [3.8, 4) is 11.5 Å². The fourth-order valence-corrected chi connectivity index (χ4v) is 5.36. The van der Waals surface area contributed by atoms with Gasteiger partial charge in [0.15, 0.2) is 15.8 Å². The molecule has 4 nitrogen and oxygen atoms in total. The van der Waals surface area contributed by atoms with Crippen molar-refractivity contribution in [2.75, 3.05) is 12.0 Å². The molecule has 3 aromatic rings. The van der Waals surface area contributed by atoms with E-state index in [1.54, 1.807) is 30.2 Å². The number of hydrogen-bond donors (Lipinski definition) is 0. The van der Waals surface area contributed by atoms with Crippen molar-refractivity contribution in [3.63, 3.8) is 0 Å². The number of ether oxygens (including phenoxy) is 2. The molecule has 4 rings (SSSR count). The number of carbonyl (C=O) groups is 1. The number of amides is 1. The molecule has 8 heteroatoms. The Bertz CT molecular complexity index is 1330. The lowest BCUT2D eigenvalue weighted by atomic mass is 10.0. The van der Waals surface area contributed by atoms with Gasteiger partial charge < -0.3 is 9.47 Å². The zero-order valence-corrected chi connectivity index (χ0v) is 21.9. The number of benzene rings is 3. The van der Waals surface area contributed by atoms with Crippen LogP contribution in [0.15, 0.2) is 78.2 Å². The molecular weight excluding hydrogens is 521 g/mol. The van der Waals surface area contributed by atoms with Crippen molar-refractivity contribution in [1.82, 2.24) is 0 Å². The van der Waals surface area contributed by atoms with Crippen molar-refractivity contribution < 1.29 is 14.3 Å². The van der Waals surface area contributed by atoms with Gasteiger partial charge in [0.2, 0.25) is 0 Å². The van der Waals surface area contributed by atoms with Gasteiger partial charge in [0.25, 0.3) is 5.91 Å². The number of halogens is 2. The van der Waals surface area contributed by atoms with E-state index in [0.29, 0.717) is 37.2 Å². The Morgan fingerprint density at radius 1 is 1.09 bits per heavy atom. The molecule has 1 heterocycles. The largest absolute Gasteiger partial charge is 0.493 e. The summed E-state index contributed by atoms with van der Waals surface area (Å²) in [6.45, 7) is 4.11. The van der Waals surface area contributed by atoms with Crippen LogP contribution in [0.4, 0.5) is 5.69 Å². The van der Waals surface area contributed by atoms with Crippen molar-refractivity contribution in [1.29, 1.82) is 0 Å². The molecule has 3 aromatic carbocycles. The number of methoxy groups -OCH3 is 1. The molecule has 1 amide bonds. The van der Waals surface area contributed by atoms with Crippen molar-refractivity contribution in [2.45, 2.75) is 13.0 Å². The lowest BCUT2D eigenvalue weighted by Crippen LogP contribution is -2.27. The molecule has 0 spiro atoms. The monoisotopic (exact) mass is 541 g/mol. The van der Waals surface area contributed by atoms with Crippen molar-refractivity contribution in [3.05, 3.63) is 105 Å². The lowest BCUT2D eigenvalue weighted by Gasteiger charge is -2.16. The minimum atomic E-state index is -0.159. The maximum atomic E-state index is 13.1. The number of para-hydroxylation sites is 1. The molecule has 1 aliphatic heterocycles. The second kappa shape index (κ2) is 11.3. The molecule has 35 heavy (non-hydrogen) atoms. The van der Waals surface area contributed by atoms with E-state index in [1.165, 1.54) is 11.8 Å². The highest BCUT2D eigenvalue weighted by Gasteiger charge is 2.33. The summed E-state index contributed by atoms with van der Waals surface area (Å²) < 4.78 is 12.3. The number of thioether (sulfide) groups is 1. The van der Waals surface area contributed by atoms with Gasteiger partial charge in [0.05, 0.1) is 17.7 Å². The molecule has 0 N–H and O–H groups in total. The number of nitrogens with zero attached hydrogens (tertiary/aromatic N) is 1. The first-order chi connectivity index (χ1) is 16.9. The van der Waals surface area contributed by atoms with Crippen LogP contribution in [0.25, 0.3) is 6.08 Å². The Morgan fingerprint density at radius 3 is 2.54 bits per heavy atom. The molecule has 1 fully saturated rings. The third kappa shape index (κ3) is 5.73. The molecule has 0 radical (unpaired) electrons. The first-order valence-corrected chi connectivity index (χ1v) is 12.6. The molecule has 1 aliphatic rings. The zero-order valence-electron chi connectivity index (χ0n) is 18.8. The summed E-state index contributed by atoms with van der Waals surface area (Å²) in [6.07, 6.45) is 4.15. The topological polar surface area (TPSA) is 38.8 Å². The minimum Gasteiger partial charge on any atom is -0.493 e. The van der Waals surface area contributed by atoms with Crippen molar-refractivity contribution in [2.24, 2.45) is 0 Å². The van der Waals surface area contributed by atoms with Gasteiger partial charge in [-0.2, -0.15) is 0 Å². The van der Waals surface area contributed by atoms with Crippen LogP contribution in [0.1, 0.15) is 16.7 Å². The molecule has 0 atom stereocenters. The predicted octanol–water partition coefficient (Wildman–Crippen LogP) is 7.72. The summed E-state index contributed by atoms with van der Waals surface area (Å²) in [7, 11) is 1.58. The number of anilines is 1. The Morgan fingerprint density at radius 2 is 1.86 bits per heavy atom. The standard InChI is InChI=1S/C27H21Cl2NO3S2/c1-3-7-18-12-17(14-24-26(31)30(27(34)35-24)21-8-5-4-6-9-21)13-23(32-2)25(18)33-16-19-10-11-20(28)15-22(19)29/h3-6,8-15H,1,7,16H2,2H3/b24-14+. The molecule has 0 aromatic heterocycles. The van der Waals surface area contributed by atoms with Crippen LogP contribution in [0.3, 0.4) is 0 Å². The average Bonchev–Trinajstić information content (AvgIpc) is 3.12. The van der Waals surface area contributed by atoms with Crippen LogP contribution in [0.2, 0.25) is 10.0 Å². The molecule has 0 aliphatic carbocycles. The normalized spacial score (nSPS) is 14.5. The quantitative estimate of drug-likeness (QED) is 0.166. The number of allylic oxidation sites excluding steroid dienone is 1. The molecule has 0 bridgehead atoms.